The molecule has 1 rings (SSSR count). The Balaban J connectivity index is 2.49. The van der Waals surface area contributed by atoms with Crippen molar-refractivity contribution in [2.75, 3.05) is 0 Å². The topological polar surface area (TPSA) is 26.3 Å². The zero-order chi connectivity index (χ0) is 11.3. The summed E-state index contributed by atoms with van der Waals surface area (Å²) >= 11 is 5.90. The number of hydrogen-bond acceptors (Lipinski definition) is 2. The highest BCUT2D eigenvalue weighted by atomic mass is 35.7. The van der Waals surface area contributed by atoms with Crippen LogP contribution in [0.3, 0.4) is 0 Å². The molecular weight excluding hydrogens is 231 g/mol. The number of carbonyl (C=O) groups excluding carboxylic acids is 1. The molecule has 0 fully saturated rings. The molecule has 0 radical (unpaired) electrons. The van der Waals surface area contributed by atoms with E-state index in [1.54, 1.807) is 12.1 Å². The van der Waals surface area contributed by atoms with Gasteiger partial charge in [0.1, 0.15) is 5.75 Å². The highest BCUT2D eigenvalue weighted by Crippen LogP contribution is 2.45. The van der Waals surface area contributed by atoms with E-state index in [0.29, 0.717) is 18.1 Å². The molecule has 1 aromatic rings. The number of carbonyl (C=O) groups is 1. The summed E-state index contributed by atoms with van der Waals surface area (Å²) in [7, 11) is -1.52. The highest BCUT2D eigenvalue weighted by molar-refractivity contribution is 7.93. The van der Waals surface area contributed by atoms with E-state index in [2.05, 4.69) is 0 Å². The quantitative estimate of drug-likeness (QED) is 0.726. The van der Waals surface area contributed by atoms with Crippen LogP contribution in [0.25, 0.3) is 0 Å². The molecule has 2 nitrogen and oxygen atoms in total. The summed E-state index contributed by atoms with van der Waals surface area (Å²) in [5.41, 5.74) is -0.00878. The number of benzene rings is 1. The SMILES string of the molecule is CC(C)CC(=O)P(Cl)Oc1ccccc1. The van der Waals surface area contributed by atoms with Crippen molar-refractivity contribution >= 4 is 24.3 Å². The lowest BCUT2D eigenvalue weighted by molar-refractivity contribution is -0.112. The lowest BCUT2D eigenvalue weighted by Crippen LogP contribution is -2.01. The van der Waals surface area contributed by atoms with E-state index in [0.717, 1.165) is 0 Å². The van der Waals surface area contributed by atoms with E-state index in [1.165, 1.54) is 0 Å². The minimum atomic E-state index is -1.52. The maximum Gasteiger partial charge on any atom is 0.252 e. The van der Waals surface area contributed by atoms with Gasteiger partial charge in [-0.1, -0.05) is 32.0 Å². The molecule has 0 aliphatic rings. The molecule has 0 aliphatic carbocycles. The predicted octanol–water partition coefficient (Wildman–Crippen LogP) is 4.19. The van der Waals surface area contributed by atoms with Crippen molar-refractivity contribution in [1.29, 1.82) is 0 Å². The van der Waals surface area contributed by atoms with E-state index in [9.17, 15) is 4.79 Å². The van der Waals surface area contributed by atoms with Gasteiger partial charge in [-0.25, -0.2) is 0 Å². The van der Waals surface area contributed by atoms with Crippen molar-refractivity contribution in [1.82, 2.24) is 0 Å². The zero-order valence-corrected chi connectivity index (χ0v) is 10.5. The van der Waals surface area contributed by atoms with E-state index < -0.39 is 7.50 Å². The third kappa shape index (κ3) is 4.63. The fourth-order valence-electron chi connectivity index (χ4n) is 1.05. The first kappa shape index (κ1) is 12.5. The molecule has 1 aromatic carbocycles. The molecule has 82 valence electrons. The van der Waals surface area contributed by atoms with Gasteiger partial charge in [0.25, 0.3) is 7.50 Å². The van der Waals surface area contributed by atoms with Gasteiger partial charge in [-0.05, 0) is 29.3 Å². The molecule has 0 bridgehead atoms. The van der Waals surface area contributed by atoms with Crippen molar-refractivity contribution in [3.05, 3.63) is 30.3 Å². The summed E-state index contributed by atoms with van der Waals surface area (Å²) in [4.78, 5) is 11.5. The van der Waals surface area contributed by atoms with E-state index in [-0.39, 0.29) is 5.52 Å². The van der Waals surface area contributed by atoms with Crippen LogP contribution in [0, 0.1) is 5.92 Å². The molecule has 0 saturated heterocycles. The van der Waals surface area contributed by atoms with Crippen molar-refractivity contribution in [2.45, 2.75) is 20.3 Å². The van der Waals surface area contributed by atoms with E-state index in [4.69, 9.17) is 15.8 Å². The molecular formula is C11H14ClO2P. The number of halogens is 1. The monoisotopic (exact) mass is 244 g/mol. The van der Waals surface area contributed by atoms with Crippen molar-refractivity contribution in [3.8, 4) is 5.75 Å². The van der Waals surface area contributed by atoms with Crippen LogP contribution in [0.15, 0.2) is 30.3 Å². The molecule has 0 amide bonds. The van der Waals surface area contributed by atoms with Crippen molar-refractivity contribution in [2.24, 2.45) is 5.92 Å². The van der Waals surface area contributed by atoms with Gasteiger partial charge in [0, 0.05) is 6.42 Å². The molecule has 0 N–H and O–H groups in total. The van der Waals surface area contributed by atoms with Crippen LogP contribution in [0.5, 0.6) is 5.75 Å². The number of rotatable bonds is 5. The van der Waals surface area contributed by atoms with Crippen LogP contribution < -0.4 is 4.52 Å². The molecule has 1 unspecified atom stereocenters. The number of para-hydroxylation sites is 1. The first-order valence-corrected chi connectivity index (χ1v) is 6.98. The Bertz CT molecular complexity index is 314. The summed E-state index contributed by atoms with van der Waals surface area (Å²) in [6.45, 7) is 3.97. The van der Waals surface area contributed by atoms with Gasteiger partial charge in [0.15, 0.2) is 0 Å². The molecule has 0 heterocycles. The highest BCUT2D eigenvalue weighted by Gasteiger charge is 2.19. The van der Waals surface area contributed by atoms with E-state index >= 15 is 0 Å². The molecule has 0 spiro atoms. The lowest BCUT2D eigenvalue weighted by atomic mass is 10.2. The van der Waals surface area contributed by atoms with Gasteiger partial charge < -0.3 is 4.52 Å². The Kier molecular flexibility index (Phi) is 5.07. The van der Waals surface area contributed by atoms with Crippen molar-refractivity contribution < 1.29 is 9.32 Å². The second-order valence-corrected chi connectivity index (χ2v) is 5.73. The third-order valence-corrected chi connectivity index (χ3v) is 3.43. The Hall–Kier alpha value is -0.590. The van der Waals surface area contributed by atoms with Gasteiger partial charge in [0.05, 0.1) is 0 Å². The minimum Gasteiger partial charge on any atom is -0.451 e. The Morgan fingerprint density at radius 1 is 1.40 bits per heavy atom. The molecule has 0 aliphatic heterocycles. The Morgan fingerprint density at radius 3 is 2.53 bits per heavy atom. The van der Waals surface area contributed by atoms with Crippen molar-refractivity contribution in [3.63, 3.8) is 0 Å². The Labute approximate surface area is 96.2 Å². The maximum atomic E-state index is 11.5. The van der Waals surface area contributed by atoms with Gasteiger partial charge in [-0.15, -0.1) is 0 Å². The average Bonchev–Trinajstić information content (AvgIpc) is 2.18. The zero-order valence-electron chi connectivity index (χ0n) is 8.81. The largest absolute Gasteiger partial charge is 0.451 e. The normalized spacial score (nSPS) is 12.5. The van der Waals surface area contributed by atoms with Gasteiger partial charge >= 0.3 is 0 Å². The predicted molar refractivity (Wildman–Crippen MR) is 64.3 cm³/mol. The first-order chi connectivity index (χ1) is 7.09. The van der Waals surface area contributed by atoms with Crippen LogP contribution >= 0.6 is 18.7 Å². The van der Waals surface area contributed by atoms with Gasteiger partial charge in [-0.2, -0.15) is 0 Å². The average molecular weight is 245 g/mol. The fourth-order valence-corrected chi connectivity index (χ4v) is 2.41. The van der Waals surface area contributed by atoms with Gasteiger partial charge in [0.2, 0.25) is 5.52 Å². The second kappa shape index (κ2) is 6.09. The lowest BCUT2D eigenvalue weighted by Gasteiger charge is -2.11. The molecule has 0 aromatic heterocycles. The summed E-state index contributed by atoms with van der Waals surface area (Å²) in [5, 5.41) is 0. The van der Waals surface area contributed by atoms with Crippen LogP contribution in [0.2, 0.25) is 0 Å². The van der Waals surface area contributed by atoms with Crippen LogP contribution in [0.4, 0.5) is 0 Å². The minimum absolute atomic E-state index is 0.00878. The summed E-state index contributed by atoms with van der Waals surface area (Å²) in [5.74, 6) is 0.969. The standard InChI is InChI=1S/C11H14ClO2P/c1-9(2)8-11(13)15(12)14-10-6-4-3-5-7-10/h3-7,9H,8H2,1-2H3. The molecule has 1 atom stereocenters. The molecule has 15 heavy (non-hydrogen) atoms. The second-order valence-electron chi connectivity index (χ2n) is 3.64. The van der Waals surface area contributed by atoms with Crippen LogP contribution in [-0.4, -0.2) is 5.52 Å². The van der Waals surface area contributed by atoms with Gasteiger partial charge in [-0.3, -0.25) is 4.79 Å². The van der Waals surface area contributed by atoms with Crippen LogP contribution in [0.1, 0.15) is 20.3 Å². The smallest absolute Gasteiger partial charge is 0.252 e. The molecule has 0 saturated carbocycles. The third-order valence-electron chi connectivity index (χ3n) is 1.71. The molecule has 4 heteroatoms. The summed E-state index contributed by atoms with van der Waals surface area (Å²) in [6, 6.07) is 9.17. The Morgan fingerprint density at radius 2 is 2.00 bits per heavy atom. The van der Waals surface area contributed by atoms with E-state index in [1.807, 2.05) is 32.0 Å². The summed E-state index contributed by atoms with van der Waals surface area (Å²) in [6.07, 6.45) is 0.474. The number of hydrogen-bond donors (Lipinski definition) is 0. The summed E-state index contributed by atoms with van der Waals surface area (Å²) < 4.78 is 5.36. The van der Waals surface area contributed by atoms with Crippen LogP contribution in [-0.2, 0) is 4.79 Å². The maximum absolute atomic E-state index is 11.5. The first-order valence-electron chi connectivity index (χ1n) is 4.81. The fraction of sp³-hybridized carbons (Fsp3) is 0.364.